The highest BCUT2D eigenvalue weighted by Gasteiger charge is 2.16. The molecule has 7 nitrogen and oxygen atoms in total. The second kappa shape index (κ2) is 7.14. The summed E-state index contributed by atoms with van der Waals surface area (Å²) in [5.41, 5.74) is 7.43. The number of nitrogen functional groups attached to an aromatic ring is 2. The lowest BCUT2D eigenvalue weighted by atomic mass is 10.1. The quantitative estimate of drug-likeness (QED) is 0.358. The number of nitrogens with zero attached hydrogens (tertiary/aromatic N) is 2. The van der Waals surface area contributed by atoms with Crippen molar-refractivity contribution < 1.29 is 0 Å². The van der Waals surface area contributed by atoms with Gasteiger partial charge in [0.25, 0.3) is 0 Å². The molecule has 2 aromatic carbocycles. The highest BCUT2D eigenvalue weighted by atomic mass is 35.5. The molecule has 0 saturated heterocycles. The first kappa shape index (κ1) is 16.0. The first-order chi connectivity index (χ1) is 11.7. The minimum atomic E-state index is 0.355. The minimum Gasteiger partial charge on any atom is -0.324 e. The third-order valence-corrected chi connectivity index (χ3v) is 3.56. The maximum Gasteiger partial charge on any atom is 0.231 e. The number of nitrogens with two attached hydrogens (primary N) is 2. The second-order valence-corrected chi connectivity index (χ2v) is 5.35. The lowest BCUT2D eigenvalue weighted by Crippen LogP contribution is -2.16. The monoisotopic (exact) mass is 341 g/mol. The highest BCUT2D eigenvalue weighted by molar-refractivity contribution is 6.30. The van der Waals surface area contributed by atoms with E-state index in [9.17, 15) is 0 Å². The fourth-order valence-corrected chi connectivity index (χ4v) is 2.48. The SMILES string of the molecule is NNc1nc(Nc2ccccc2)nc(NN)c1-c1cccc(Cl)c1. The zero-order valence-electron chi connectivity index (χ0n) is 12.6. The molecule has 3 rings (SSSR count). The van der Waals surface area contributed by atoms with Crippen molar-refractivity contribution in [3.8, 4) is 11.1 Å². The van der Waals surface area contributed by atoms with Gasteiger partial charge >= 0.3 is 0 Å². The predicted octanol–water partition coefficient (Wildman–Crippen LogP) is 3.11. The summed E-state index contributed by atoms with van der Waals surface area (Å²) in [4.78, 5) is 8.81. The van der Waals surface area contributed by atoms with Gasteiger partial charge in [-0.3, -0.25) is 0 Å². The van der Waals surface area contributed by atoms with Crippen LogP contribution in [0.3, 0.4) is 0 Å². The molecule has 8 heteroatoms. The van der Waals surface area contributed by atoms with Crippen molar-refractivity contribution in [1.29, 1.82) is 0 Å². The van der Waals surface area contributed by atoms with Gasteiger partial charge in [-0.25, -0.2) is 11.7 Å². The van der Waals surface area contributed by atoms with Gasteiger partial charge in [0.05, 0.1) is 5.56 Å². The molecule has 7 N–H and O–H groups in total. The first-order valence-electron chi connectivity index (χ1n) is 7.14. The summed E-state index contributed by atoms with van der Waals surface area (Å²) in [5, 5.41) is 3.69. The molecule has 0 aliphatic heterocycles. The van der Waals surface area contributed by atoms with Crippen LogP contribution in [0.5, 0.6) is 0 Å². The molecule has 0 fully saturated rings. The number of hydrogen-bond acceptors (Lipinski definition) is 7. The predicted molar refractivity (Wildman–Crippen MR) is 97.8 cm³/mol. The number of benzene rings is 2. The Kier molecular flexibility index (Phi) is 4.76. The average molecular weight is 342 g/mol. The molecule has 3 aromatic rings. The van der Waals surface area contributed by atoms with Crippen LogP contribution >= 0.6 is 11.6 Å². The molecule has 0 bridgehead atoms. The molecule has 0 aliphatic rings. The Morgan fingerprint density at radius 2 is 1.50 bits per heavy atom. The van der Waals surface area contributed by atoms with Crippen LogP contribution in [0.15, 0.2) is 54.6 Å². The van der Waals surface area contributed by atoms with E-state index in [1.165, 1.54) is 0 Å². The molecule has 0 amide bonds. The van der Waals surface area contributed by atoms with E-state index < -0.39 is 0 Å². The smallest absolute Gasteiger partial charge is 0.231 e. The number of nitrogens with one attached hydrogen (secondary N) is 3. The van der Waals surface area contributed by atoms with E-state index in [4.69, 9.17) is 23.3 Å². The van der Waals surface area contributed by atoms with E-state index in [1.807, 2.05) is 42.5 Å². The Balaban J connectivity index is 2.07. The van der Waals surface area contributed by atoms with Crippen LogP contribution in [-0.4, -0.2) is 9.97 Å². The Labute approximate surface area is 144 Å². The summed E-state index contributed by atoms with van der Waals surface area (Å²) in [7, 11) is 0. The first-order valence-corrected chi connectivity index (χ1v) is 7.52. The largest absolute Gasteiger partial charge is 0.324 e. The Morgan fingerprint density at radius 1 is 0.833 bits per heavy atom. The van der Waals surface area contributed by atoms with Crippen LogP contribution < -0.4 is 27.9 Å². The molecule has 0 atom stereocenters. The zero-order chi connectivity index (χ0) is 16.9. The number of anilines is 4. The molecule has 0 saturated carbocycles. The van der Waals surface area contributed by atoms with Crippen molar-refractivity contribution in [2.24, 2.45) is 11.7 Å². The van der Waals surface area contributed by atoms with Crippen LogP contribution in [0, 0.1) is 0 Å². The highest BCUT2D eigenvalue weighted by Crippen LogP contribution is 2.34. The standard InChI is InChI=1S/C16H16ClN7/c17-11-6-4-5-10(9-11)13-14(23-18)21-16(22-15(13)24-19)20-12-7-2-1-3-8-12/h1-9H,18-19H2,(H3,20,21,22,23,24). The summed E-state index contributed by atoms with van der Waals surface area (Å²) < 4.78 is 0. The van der Waals surface area contributed by atoms with Gasteiger partial charge in [-0.05, 0) is 29.8 Å². The Bertz CT molecular complexity index is 814. The maximum atomic E-state index is 6.07. The molecule has 1 heterocycles. The molecule has 0 aliphatic carbocycles. The average Bonchev–Trinajstić information content (AvgIpc) is 2.61. The summed E-state index contributed by atoms with van der Waals surface area (Å²) >= 11 is 6.07. The molecular weight excluding hydrogens is 326 g/mol. The van der Waals surface area contributed by atoms with Gasteiger partial charge < -0.3 is 16.2 Å². The minimum absolute atomic E-state index is 0.355. The number of halogens is 1. The fraction of sp³-hybridized carbons (Fsp3) is 0. The lowest BCUT2D eigenvalue weighted by Gasteiger charge is -2.15. The number of hydrazine groups is 2. The summed E-state index contributed by atoms with van der Waals surface area (Å²) in [6.07, 6.45) is 0. The van der Waals surface area contributed by atoms with Crippen LogP contribution in [0.4, 0.5) is 23.3 Å². The van der Waals surface area contributed by atoms with Gasteiger partial charge in [0.15, 0.2) is 11.6 Å². The van der Waals surface area contributed by atoms with E-state index in [0.29, 0.717) is 28.2 Å². The van der Waals surface area contributed by atoms with Crippen molar-refractivity contribution in [3.05, 3.63) is 59.6 Å². The molecule has 0 spiro atoms. The molecule has 0 unspecified atom stereocenters. The van der Waals surface area contributed by atoms with Crippen molar-refractivity contribution in [2.75, 3.05) is 16.2 Å². The number of hydrogen-bond donors (Lipinski definition) is 5. The van der Waals surface area contributed by atoms with Crippen molar-refractivity contribution >= 4 is 34.9 Å². The number of aromatic nitrogens is 2. The van der Waals surface area contributed by atoms with E-state index in [-0.39, 0.29) is 0 Å². The zero-order valence-corrected chi connectivity index (χ0v) is 13.4. The third-order valence-electron chi connectivity index (χ3n) is 3.33. The summed E-state index contributed by atoms with van der Waals surface area (Å²) in [6, 6.07) is 16.8. The lowest BCUT2D eigenvalue weighted by molar-refractivity contribution is 1.12. The van der Waals surface area contributed by atoms with Gasteiger partial charge in [-0.2, -0.15) is 9.97 Å². The van der Waals surface area contributed by atoms with Crippen molar-refractivity contribution in [3.63, 3.8) is 0 Å². The summed E-state index contributed by atoms with van der Waals surface area (Å²) in [5.74, 6) is 12.5. The van der Waals surface area contributed by atoms with E-state index in [1.54, 1.807) is 12.1 Å². The second-order valence-electron chi connectivity index (χ2n) is 4.91. The normalized spacial score (nSPS) is 10.3. The van der Waals surface area contributed by atoms with Gasteiger partial charge in [0.1, 0.15) is 0 Å². The van der Waals surface area contributed by atoms with Crippen molar-refractivity contribution in [2.45, 2.75) is 0 Å². The molecule has 122 valence electrons. The fourth-order valence-electron chi connectivity index (χ4n) is 2.29. The van der Waals surface area contributed by atoms with Crippen LogP contribution in [0.25, 0.3) is 11.1 Å². The Hall–Kier alpha value is -2.87. The molecule has 0 radical (unpaired) electrons. The van der Waals surface area contributed by atoms with Gasteiger partial charge in [-0.1, -0.05) is 41.9 Å². The molecular formula is C16H16ClN7. The van der Waals surface area contributed by atoms with Crippen LogP contribution in [-0.2, 0) is 0 Å². The third kappa shape index (κ3) is 3.38. The van der Waals surface area contributed by atoms with Crippen molar-refractivity contribution in [1.82, 2.24) is 9.97 Å². The number of para-hydroxylation sites is 1. The molecule has 1 aromatic heterocycles. The van der Waals surface area contributed by atoms with Gasteiger partial charge in [0, 0.05) is 10.7 Å². The Morgan fingerprint density at radius 3 is 2.08 bits per heavy atom. The van der Waals surface area contributed by atoms with E-state index in [0.717, 1.165) is 11.3 Å². The van der Waals surface area contributed by atoms with Gasteiger partial charge in [0.2, 0.25) is 5.95 Å². The molecule has 24 heavy (non-hydrogen) atoms. The maximum absolute atomic E-state index is 6.07. The number of rotatable bonds is 5. The van der Waals surface area contributed by atoms with E-state index in [2.05, 4.69) is 26.1 Å². The van der Waals surface area contributed by atoms with Gasteiger partial charge in [-0.15, -0.1) is 0 Å². The summed E-state index contributed by atoms with van der Waals surface area (Å²) in [6.45, 7) is 0. The van der Waals surface area contributed by atoms with Crippen LogP contribution in [0.1, 0.15) is 0 Å². The van der Waals surface area contributed by atoms with Crippen LogP contribution in [0.2, 0.25) is 5.02 Å². The van der Waals surface area contributed by atoms with E-state index >= 15 is 0 Å². The topological polar surface area (TPSA) is 114 Å².